The molecule has 0 amide bonds. The maximum absolute atomic E-state index is 6.10. The van der Waals surface area contributed by atoms with Crippen LogP contribution in [0.5, 0.6) is 0 Å². The van der Waals surface area contributed by atoms with Crippen molar-refractivity contribution < 1.29 is 4.43 Å². The summed E-state index contributed by atoms with van der Waals surface area (Å²) in [5.41, 5.74) is 1.38. The zero-order valence-electron chi connectivity index (χ0n) is 11.5. The molecular formula is C15H24OSi. The minimum atomic E-state index is -1.46. The van der Waals surface area contributed by atoms with Crippen molar-refractivity contribution in [1.29, 1.82) is 0 Å². The third kappa shape index (κ3) is 6.32. The average Bonchev–Trinajstić information content (AvgIpc) is 2.26. The summed E-state index contributed by atoms with van der Waals surface area (Å²) in [6, 6.07) is 10.6. The number of benzene rings is 1. The Morgan fingerprint density at radius 3 is 2.35 bits per heavy atom. The summed E-state index contributed by atoms with van der Waals surface area (Å²) in [5.74, 6) is 1.18. The summed E-state index contributed by atoms with van der Waals surface area (Å²) in [7, 11) is -1.46. The Morgan fingerprint density at radius 1 is 1.18 bits per heavy atom. The number of hydrogen-bond donors (Lipinski definition) is 0. The molecule has 0 radical (unpaired) electrons. The smallest absolute Gasteiger partial charge is 0.241 e. The fraction of sp³-hybridized carbons (Fsp3) is 0.467. The third-order valence-electron chi connectivity index (χ3n) is 2.37. The highest BCUT2D eigenvalue weighted by molar-refractivity contribution is 6.70. The van der Waals surface area contributed by atoms with Gasteiger partial charge in [0, 0.05) is 6.42 Å². The van der Waals surface area contributed by atoms with Crippen LogP contribution in [0.25, 0.3) is 0 Å². The van der Waals surface area contributed by atoms with Crippen molar-refractivity contribution in [2.24, 2.45) is 0 Å². The second kappa shape index (κ2) is 6.65. The van der Waals surface area contributed by atoms with Gasteiger partial charge in [0.1, 0.15) is 0 Å². The standard InChI is InChI=1S/C15H24OSi/c1-5-9-15(16-17(2,3)4)13-12-14-10-7-6-8-11-14/h6-11H,5,12-13H2,1-4H3/b15-9-. The second-order valence-corrected chi connectivity index (χ2v) is 9.71. The maximum atomic E-state index is 6.10. The SMILES string of the molecule is CC/C=C(/CCc1ccccc1)O[Si](C)(C)C. The molecule has 94 valence electrons. The van der Waals surface area contributed by atoms with Gasteiger partial charge < -0.3 is 4.43 Å². The van der Waals surface area contributed by atoms with Gasteiger partial charge in [-0.2, -0.15) is 0 Å². The van der Waals surface area contributed by atoms with Crippen LogP contribution in [0.4, 0.5) is 0 Å². The lowest BCUT2D eigenvalue weighted by molar-refractivity contribution is 0.397. The molecule has 0 aromatic heterocycles. The largest absolute Gasteiger partial charge is 0.548 e. The zero-order valence-corrected chi connectivity index (χ0v) is 12.5. The van der Waals surface area contributed by atoms with E-state index in [4.69, 9.17) is 4.43 Å². The molecule has 0 atom stereocenters. The van der Waals surface area contributed by atoms with E-state index in [2.05, 4.69) is 63.0 Å². The summed E-state index contributed by atoms with van der Waals surface area (Å²) in [6.07, 6.45) is 5.36. The van der Waals surface area contributed by atoms with Gasteiger partial charge in [-0.05, 0) is 44.1 Å². The Balaban J connectivity index is 2.54. The minimum Gasteiger partial charge on any atom is -0.548 e. The van der Waals surface area contributed by atoms with Crippen molar-refractivity contribution in [1.82, 2.24) is 0 Å². The summed E-state index contributed by atoms with van der Waals surface area (Å²) in [5, 5.41) is 0. The van der Waals surface area contributed by atoms with Crippen LogP contribution in [-0.4, -0.2) is 8.32 Å². The molecule has 0 aliphatic rings. The molecule has 1 nitrogen and oxygen atoms in total. The minimum absolute atomic E-state index is 1.02. The van der Waals surface area contributed by atoms with Crippen LogP contribution in [0.15, 0.2) is 42.2 Å². The van der Waals surface area contributed by atoms with E-state index in [0.717, 1.165) is 19.3 Å². The van der Waals surface area contributed by atoms with Gasteiger partial charge in [0.25, 0.3) is 0 Å². The van der Waals surface area contributed by atoms with E-state index in [0.29, 0.717) is 0 Å². The lowest BCUT2D eigenvalue weighted by Crippen LogP contribution is -2.25. The maximum Gasteiger partial charge on any atom is 0.241 e. The molecule has 1 aromatic rings. The summed E-state index contributed by atoms with van der Waals surface area (Å²) in [4.78, 5) is 0. The highest BCUT2D eigenvalue weighted by atomic mass is 28.4. The molecule has 2 heteroatoms. The summed E-state index contributed by atoms with van der Waals surface area (Å²) >= 11 is 0. The topological polar surface area (TPSA) is 9.23 Å². The Morgan fingerprint density at radius 2 is 1.82 bits per heavy atom. The second-order valence-electron chi connectivity index (χ2n) is 5.28. The van der Waals surface area contributed by atoms with Gasteiger partial charge >= 0.3 is 0 Å². The predicted octanol–water partition coefficient (Wildman–Crippen LogP) is 4.76. The molecule has 17 heavy (non-hydrogen) atoms. The van der Waals surface area contributed by atoms with E-state index in [9.17, 15) is 0 Å². The first-order chi connectivity index (χ1) is 8.01. The van der Waals surface area contributed by atoms with Crippen LogP contribution in [0, 0.1) is 0 Å². The van der Waals surface area contributed by atoms with Gasteiger partial charge in [-0.25, -0.2) is 0 Å². The molecule has 0 bridgehead atoms. The molecule has 1 aromatic carbocycles. The molecule has 0 saturated heterocycles. The number of rotatable bonds is 6. The van der Waals surface area contributed by atoms with Crippen LogP contribution in [0.1, 0.15) is 25.3 Å². The third-order valence-corrected chi connectivity index (χ3v) is 3.25. The molecule has 0 heterocycles. The van der Waals surface area contributed by atoms with E-state index < -0.39 is 8.32 Å². The average molecular weight is 248 g/mol. The van der Waals surface area contributed by atoms with E-state index in [1.54, 1.807) is 0 Å². The quantitative estimate of drug-likeness (QED) is 0.521. The summed E-state index contributed by atoms with van der Waals surface area (Å²) in [6.45, 7) is 8.87. The lowest BCUT2D eigenvalue weighted by Gasteiger charge is -2.22. The molecule has 0 saturated carbocycles. The van der Waals surface area contributed by atoms with Crippen LogP contribution < -0.4 is 0 Å². The first kappa shape index (κ1) is 14.0. The van der Waals surface area contributed by atoms with Gasteiger partial charge in [-0.3, -0.25) is 0 Å². The highest BCUT2D eigenvalue weighted by Crippen LogP contribution is 2.16. The van der Waals surface area contributed by atoms with Crippen molar-refractivity contribution in [3.05, 3.63) is 47.7 Å². The van der Waals surface area contributed by atoms with Crippen molar-refractivity contribution in [3.8, 4) is 0 Å². The van der Waals surface area contributed by atoms with Gasteiger partial charge in [0.05, 0.1) is 5.76 Å². The van der Waals surface area contributed by atoms with Crippen molar-refractivity contribution in [2.75, 3.05) is 0 Å². The fourth-order valence-electron chi connectivity index (χ4n) is 1.73. The van der Waals surface area contributed by atoms with E-state index in [1.807, 2.05) is 0 Å². The van der Waals surface area contributed by atoms with Gasteiger partial charge in [0.15, 0.2) is 0 Å². The first-order valence-corrected chi connectivity index (χ1v) is 9.84. The highest BCUT2D eigenvalue weighted by Gasteiger charge is 2.17. The van der Waals surface area contributed by atoms with Crippen molar-refractivity contribution in [3.63, 3.8) is 0 Å². The lowest BCUT2D eigenvalue weighted by atomic mass is 10.1. The Labute approximate surface area is 107 Å². The summed E-state index contributed by atoms with van der Waals surface area (Å²) < 4.78 is 6.10. The number of hydrogen-bond acceptors (Lipinski definition) is 1. The van der Waals surface area contributed by atoms with Crippen LogP contribution in [-0.2, 0) is 10.8 Å². The zero-order chi connectivity index (χ0) is 12.7. The van der Waals surface area contributed by atoms with Gasteiger partial charge in [0.2, 0.25) is 8.32 Å². The van der Waals surface area contributed by atoms with Gasteiger partial charge in [-0.1, -0.05) is 37.3 Å². The van der Waals surface area contributed by atoms with Gasteiger partial charge in [-0.15, -0.1) is 0 Å². The molecule has 0 N–H and O–H groups in total. The molecule has 0 unspecified atom stereocenters. The molecule has 0 fully saturated rings. The normalized spacial score (nSPS) is 12.6. The molecule has 0 spiro atoms. The Kier molecular flexibility index (Phi) is 5.49. The molecular weight excluding hydrogens is 224 g/mol. The Bertz CT molecular complexity index is 349. The first-order valence-electron chi connectivity index (χ1n) is 6.43. The van der Waals surface area contributed by atoms with E-state index >= 15 is 0 Å². The van der Waals surface area contributed by atoms with Crippen LogP contribution >= 0.6 is 0 Å². The number of aryl methyl sites for hydroxylation is 1. The van der Waals surface area contributed by atoms with Crippen molar-refractivity contribution >= 4 is 8.32 Å². The van der Waals surface area contributed by atoms with Crippen LogP contribution in [0.3, 0.4) is 0 Å². The van der Waals surface area contributed by atoms with E-state index in [-0.39, 0.29) is 0 Å². The molecule has 0 aliphatic carbocycles. The molecule has 0 aliphatic heterocycles. The van der Waals surface area contributed by atoms with Crippen molar-refractivity contribution in [2.45, 2.75) is 45.8 Å². The Hall–Kier alpha value is -1.02. The predicted molar refractivity (Wildman–Crippen MR) is 77.6 cm³/mol. The fourth-order valence-corrected chi connectivity index (χ4v) is 2.70. The molecule has 1 rings (SSSR count). The van der Waals surface area contributed by atoms with Crippen LogP contribution in [0.2, 0.25) is 19.6 Å². The number of allylic oxidation sites excluding steroid dienone is 2. The monoisotopic (exact) mass is 248 g/mol. The van der Waals surface area contributed by atoms with E-state index in [1.165, 1.54) is 11.3 Å².